The zero-order valence-electron chi connectivity index (χ0n) is 8.89. The van der Waals surface area contributed by atoms with Gasteiger partial charge in [-0.2, -0.15) is 0 Å². The Morgan fingerprint density at radius 3 is 3.13 bits per heavy atom. The van der Waals surface area contributed by atoms with Crippen molar-refractivity contribution in [3.63, 3.8) is 0 Å². The first-order valence-corrected chi connectivity index (χ1v) is 5.16. The van der Waals surface area contributed by atoms with E-state index in [1.807, 2.05) is 6.07 Å². The van der Waals surface area contributed by atoms with E-state index in [2.05, 4.69) is 14.9 Å². The molecule has 1 aromatic rings. The minimum atomic E-state index is 0.250. The number of methoxy groups -OCH3 is 1. The standard InChI is InChI=1S/C10H16N4O/c1-15-10-5-9(12-7-13-10)14-4-2-3-8(11)6-14/h5,7-8H,2-4,6,11H2,1H3/t8-/m0/s1. The molecule has 0 aliphatic carbocycles. The molecule has 1 atom stereocenters. The van der Waals surface area contributed by atoms with Crippen LogP contribution in [0.4, 0.5) is 5.82 Å². The van der Waals surface area contributed by atoms with Gasteiger partial charge in [-0.05, 0) is 12.8 Å². The van der Waals surface area contributed by atoms with Crippen LogP contribution in [0.1, 0.15) is 12.8 Å². The molecule has 2 rings (SSSR count). The summed E-state index contributed by atoms with van der Waals surface area (Å²) in [5, 5.41) is 0. The lowest BCUT2D eigenvalue weighted by molar-refractivity contribution is 0.396. The molecule has 0 saturated carbocycles. The second-order valence-electron chi connectivity index (χ2n) is 3.77. The van der Waals surface area contributed by atoms with Gasteiger partial charge in [0.25, 0.3) is 0 Å². The molecule has 1 aliphatic rings. The average Bonchev–Trinajstić information content (AvgIpc) is 2.29. The van der Waals surface area contributed by atoms with Crippen LogP contribution in [0.15, 0.2) is 12.4 Å². The highest BCUT2D eigenvalue weighted by atomic mass is 16.5. The van der Waals surface area contributed by atoms with Gasteiger partial charge in [0.05, 0.1) is 7.11 Å². The predicted octanol–water partition coefficient (Wildman–Crippen LogP) is 0.413. The molecule has 1 fully saturated rings. The Kier molecular flexibility index (Phi) is 3.01. The van der Waals surface area contributed by atoms with Gasteiger partial charge in [0, 0.05) is 25.2 Å². The Bertz CT molecular complexity index is 331. The van der Waals surface area contributed by atoms with Gasteiger partial charge < -0.3 is 15.4 Å². The number of hydrogen-bond acceptors (Lipinski definition) is 5. The molecule has 0 bridgehead atoms. The number of nitrogens with zero attached hydrogens (tertiary/aromatic N) is 3. The maximum atomic E-state index is 5.92. The molecule has 1 saturated heterocycles. The van der Waals surface area contributed by atoms with E-state index in [0.717, 1.165) is 31.7 Å². The van der Waals surface area contributed by atoms with E-state index in [1.54, 1.807) is 7.11 Å². The highest BCUT2D eigenvalue weighted by Gasteiger charge is 2.18. The fourth-order valence-corrected chi connectivity index (χ4v) is 1.83. The predicted molar refractivity (Wildman–Crippen MR) is 58.0 cm³/mol. The largest absolute Gasteiger partial charge is 0.481 e. The average molecular weight is 208 g/mol. The molecule has 0 unspecified atom stereocenters. The third-order valence-corrected chi connectivity index (χ3v) is 2.62. The third-order valence-electron chi connectivity index (χ3n) is 2.62. The molecule has 5 heteroatoms. The van der Waals surface area contributed by atoms with Crippen molar-refractivity contribution in [3.8, 4) is 5.88 Å². The van der Waals surface area contributed by atoms with Crippen molar-refractivity contribution >= 4 is 5.82 Å². The first kappa shape index (κ1) is 10.2. The van der Waals surface area contributed by atoms with Crippen molar-refractivity contribution in [1.29, 1.82) is 0 Å². The van der Waals surface area contributed by atoms with Crippen LogP contribution in [0.5, 0.6) is 5.88 Å². The van der Waals surface area contributed by atoms with Crippen LogP contribution < -0.4 is 15.4 Å². The summed E-state index contributed by atoms with van der Waals surface area (Å²) in [7, 11) is 1.61. The van der Waals surface area contributed by atoms with Crippen molar-refractivity contribution < 1.29 is 4.74 Å². The summed E-state index contributed by atoms with van der Waals surface area (Å²) < 4.78 is 5.06. The summed E-state index contributed by atoms with van der Waals surface area (Å²) in [4.78, 5) is 10.4. The molecule has 1 aliphatic heterocycles. The van der Waals surface area contributed by atoms with E-state index in [0.29, 0.717) is 5.88 Å². The van der Waals surface area contributed by atoms with Crippen molar-refractivity contribution in [2.24, 2.45) is 5.73 Å². The fourth-order valence-electron chi connectivity index (χ4n) is 1.83. The van der Waals surface area contributed by atoms with E-state index in [1.165, 1.54) is 6.33 Å². The molecule has 0 aromatic carbocycles. The number of piperidine rings is 1. The van der Waals surface area contributed by atoms with E-state index < -0.39 is 0 Å². The van der Waals surface area contributed by atoms with Gasteiger partial charge in [0.1, 0.15) is 12.1 Å². The lowest BCUT2D eigenvalue weighted by atomic mass is 10.1. The van der Waals surface area contributed by atoms with Gasteiger partial charge in [-0.25, -0.2) is 9.97 Å². The smallest absolute Gasteiger partial charge is 0.218 e. The van der Waals surface area contributed by atoms with Crippen molar-refractivity contribution in [3.05, 3.63) is 12.4 Å². The van der Waals surface area contributed by atoms with Crippen LogP contribution in [0.3, 0.4) is 0 Å². The number of rotatable bonds is 2. The highest BCUT2D eigenvalue weighted by Crippen LogP contribution is 2.19. The maximum Gasteiger partial charge on any atom is 0.218 e. The Labute approximate surface area is 89.3 Å². The molecule has 82 valence electrons. The second-order valence-corrected chi connectivity index (χ2v) is 3.77. The summed E-state index contributed by atoms with van der Waals surface area (Å²) in [5.41, 5.74) is 5.92. The Morgan fingerprint density at radius 1 is 1.53 bits per heavy atom. The first-order chi connectivity index (χ1) is 7.29. The topological polar surface area (TPSA) is 64.3 Å². The molecule has 5 nitrogen and oxygen atoms in total. The van der Waals surface area contributed by atoms with Crippen LogP contribution in [0.2, 0.25) is 0 Å². The van der Waals surface area contributed by atoms with E-state index >= 15 is 0 Å². The van der Waals surface area contributed by atoms with E-state index in [9.17, 15) is 0 Å². The van der Waals surface area contributed by atoms with E-state index in [-0.39, 0.29) is 6.04 Å². The van der Waals surface area contributed by atoms with Crippen molar-refractivity contribution in [2.75, 3.05) is 25.1 Å². The lowest BCUT2D eigenvalue weighted by Crippen LogP contribution is -2.43. The molecular formula is C10H16N4O. The number of nitrogens with two attached hydrogens (primary N) is 1. The van der Waals surface area contributed by atoms with Gasteiger partial charge >= 0.3 is 0 Å². The molecule has 0 spiro atoms. The molecule has 1 aromatic heterocycles. The van der Waals surface area contributed by atoms with Crippen molar-refractivity contribution in [1.82, 2.24) is 9.97 Å². The minimum Gasteiger partial charge on any atom is -0.481 e. The van der Waals surface area contributed by atoms with Crippen LogP contribution >= 0.6 is 0 Å². The SMILES string of the molecule is COc1cc(N2CCC[C@H](N)C2)ncn1. The van der Waals surface area contributed by atoms with Gasteiger partial charge in [-0.1, -0.05) is 0 Å². The van der Waals surface area contributed by atoms with Crippen LogP contribution in [0, 0.1) is 0 Å². The number of hydrogen-bond donors (Lipinski definition) is 1. The second kappa shape index (κ2) is 4.44. The van der Waals surface area contributed by atoms with E-state index in [4.69, 9.17) is 10.5 Å². The lowest BCUT2D eigenvalue weighted by Gasteiger charge is -2.31. The number of aromatic nitrogens is 2. The molecule has 0 radical (unpaired) electrons. The van der Waals surface area contributed by atoms with Gasteiger partial charge in [-0.15, -0.1) is 0 Å². The third kappa shape index (κ3) is 2.36. The normalized spacial score (nSPS) is 21.5. The summed E-state index contributed by atoms with van der Waals surface area (Å²) in [6.45, 7) is 1.87. The summed E-state index contributed by atoms with van der Waals surface area (Å²) in [6.07, 6.45) is 3.74. The zero-order valence-corrected chi connectivity index (χ0v) is 8.89. The fraction of sp³-hybridized carbons (Fsp3) is 0.600. The Hall–Kier alpha value is -1.36. The summed E-state index contributed by atoms with van der Waals surface area (Å²) in [5.74, 6) is 1.50. The quantitative estimate of drug-likeness (QED) is 0.762. The number of ether oxygens (including phenoxy) is 1. The minimum absolute atomic E-state index is 0.250. The van der Waals surface area contributed by atoms with Crippen LogP contribution in [0.25, 0.3) is 0 Å². The van der Waals surface area contributed by atoms with Crippen LogP contribution in [-0.4, -0.2) is 36.2 Å². The molecule has 0 amide bonds. The number of anilines is 1. The Balaban J connectivity index is 2.13. The summed E-state index contributed by atoms with van der Waals surface area (Å²) >= 11 is 0. The molecule has 15 heavy (non-hydrogen) atoms. The first-order valence-electron chi connectivity index (χ1n) is 5.16. The highest BCUT2D eigenvalue weighted by molar-refractivity contribution is 5.41. The maximum absolute atomic E-state index is 5.92. The monoisotopic (exact) mass is 208 g/mol. The van der Waals surface area contributed by atoms with Gasteiger partial charge in [0.2, 0.25) is 5.88 Å². The summed E-state index contributed by atoms with van der Waals surface area (Å²) in [6, 6.07) is 2.10. The van der Waals surface area contributed by atoms with Crippen LogP contribution in [-0.2, 0) is 0 Å². The zero-order chi connectivity index (χ0) is 10.7. The molecule has 2 N–H and O–H groups in total. The van der Waals surface area contributed by atoms with Crippen molar-refractivity contribution in [2.45, 2.75) is 18.9 Å². The Morgan fingerprint density at radius 2 is 2.40 bits per heavy atom. The molecular weight excluding hydrogens is 192 g/mol. The van der Waals surface area contributed by atoms with Gasteiger partial charge in [-0.3, -0.25) is 0 Å². The molecule has 2 heterocycles. The van der Waals surface area contributed by atoms with Gasteiger partial charge in [0.15, 0.2) is 0 Å².